The summed E-state index contributed by atoms with van der Waals surface area (Å²) in [6.07, 6.45) is 4.90. The molecule has 0 radical (unpaired) electrons. The third kappa shape index (κ3) is 1.22. The van der Waals surface area contributed by atoms with Gasteiger partial charge in [-0.2, -0.15) is 0 Å². The number of methoxy groups -OCH3 is 1. The summed E-state index contributed by atoms with van der Waals surface area (Å²) in [7, 11) is 1.34. The molecule has 0 saturated heterocycles. The molecule has 72 valence electrons. The van der Waals surface area contributed by atoms with E-state index in [0.29, 0.717) is 11.7 Å². The Hall–Kier alpha value is -1.91. The molecule has 0 aromatic carbocycles. The minimum absolute atomic E-state index is 0.298. The number of allylic oxidation sites excluding steroid dienone is 1. The Kier molecular flexibility index (Phi) is 1.92. The van der Waals surface area contributed by atoms with Crippen LogP contribution in [0.1, 0.15) is 0 Å². The average molecular weight is 191 g/mol. The summed E-state index contributed by atoms with van der Waals surface area (Å²) in [5.41, 5.74) is 6.28. The van der Waals surface area contributed by atoms with E-state index in [0.717, 1.165) is 5.57 Å². The molecule has 0 fully saturated rings. The summed E-state index contributed by atoms with van der Waals surface area (Å²) < 4.78 is 4.66. The zero-order chi connectivity index (χ0) is 10.1. The normalized spacial score (nSPS) is 23.5. The van der Waals surface area contributed by atoms with Crippen LogP contribution in [0.2, 0.25) is 0 Å². The summed E-state index contributed by atoms with van der Waals surface area (Å²) in [5, 5.41) is 0. The van der Waals surface area contributed by atoms with Crippen LogP contribution in [-0.4, -0.2) is 25.1 Å². The molecule has 5 nitrogen and oxygen atoms in total. The number of carbonyl (C=O) groups excluding carboxylic acids is 1. The Morgan fingerprint density at radius 2 is 2.43 bits per heavy atom. The first-order valence-electron chi connectivity index (χ1n) is 4.11. The van der Waals surface area contributed by atoms with E-state index in [1.165, 1.54) is 7.11 Å². The number of rotatable bonds is 1. The lowest BCUT2D eigenvalue weighted by Gasteiger charge is -2.16. The van der Waals surface area contributed by atoms with E-state index in [1.54, 1.807) is 18.4 Å². The first-order valence-corrected chi connectivity index (χ1v) is 4.11. The summed E-state index contributed by atoms with van der Waals surface area (Å²) in [6, 6.07) is 0. The molecule has 14 heavy (non-hydrogen) atoms. The average Bonchev–Trinajstić information content (AvgIpc) is 2.62. The third-order valence-electron chi connectivity index (χ3n) is 2.07. The highest BCUT2D eigenvalue weighted by Crippen LogP contribution is 2.24. The van der Waals surface area contributed by atoms with Gasteiger partial charge in [0.05, 0.1) is 7.11 Å². The van der Waals surface area contributed by atoms with Crippen molar-refractivity contribution >= 4 is 18.0 Å². The highest BCUT2D eigenvalue weighted by atomic mass is 16.5. The maximum atomic E-state index is 11.4. The van der Waals surface area contributed by atoms with Gasteiger partial charge in [0.2, 0.25) is 0 Å². The molecule has 0 aromatic rings. The Balaban J connectivity index is 2.37. The van der Waals surface area contributed by atoms with Crippen molar-refractivity contribution < 1.29 is 9.53 Å². The van der Waals surface area contributed by atoms with Crippen LogP contribution in [0.3, 0.4) is 0 Å². The van der Waals surface area contributed by atoms with Gasteiger partial charge in [-0.1, -0.05) is 0 Å². The van der Waals surface area contributed by atoms with E-state index in [2.05, 4.69) is 14.7 Å². The zero-order valence-electron chi connectivity index (χ0n) is 7.60. The molecular weight excluding hydrogens is 182 g/mol. The second kappa shape index (κ2) is 3.10. The summed E-state index contributed by atoms with van der Waals surface area (Å²) in [6.45, 7) is 0. The van der Waals surface area contributed by atoms with Crippen LogP contribution in [0, 0.1) is 5.92 Å². The van der Waals surface area contributed by atoms with Gasteiger partial charge >= 0.3 is 5.97 Å². The molecule has 0 aliphatic carbocycles. The van der Waals surface area contributed by atoms with Crippen LogP contribution in [0.5, 0.6) is 0 Å². The quantitative estimate of drug-likeness (QED) is 0.592. The summed E-state index contributed by atoms with van der Waals surface area (Å²) >= 11 is 0. The molecule has 2 heterocycles. The number of carbonyl (C=O) groups is 1. The maximum absolute atomic E-state index is 11.4. The van der Waals surface area contributed by atoms with Gasteiger partial charge in [0.15, 0.2) is 5.84 Å². The Morgan fingerprint density at radius 3 is 3.14 bits per heavy atom. The van der Waals surface area contributed by atoms with E-state index in [4.69, 9.17) is 5.73 Å². The van der Waals surface area contributed by atoms with E-state index in [1.807, 2.05) is 0 Å². The van der Waals surface area contributed by atoms with E-state index in [-0.39, 0.29) is 5.97 Å². The molecule has 0 unspecified atom stereocenters. The Bertz CT molecular complexity index is 404. The van der Waals surface area contributed by atoms with Crippen molar-refractivity contribution in [3.63, 3.8) is 0 Å². The molecular formula is C9H9N3O2. The summed E-state index contributed by atoms with van der Waals surface area (Å²) in [5.74, 6) is -0.0286. The first-order chi connectivity index (χ1) is 6.72. The number of aliphatic imine (C=N–C) groups is 2. The minimum atomic E-state index is -0.477. The lowest BCUT2D eigenvalue weighted by atomic mass is 9.96. The monoisotopic (exact) mass is 191 g/mol. The molecule has 5 heteroatoms. The Morgan fingerprint density at radius 1 is 1.64 bits per heavy atom. The molecule has 2 rings (SSSR count). The highest BCUT2D eigenvalue weighted by Gasteiger charge is 2.29. The van der Waals surface area contributed by atoms with Crippen molar-refractivity contribution in [2.75, 3.05) is 7.11 Å². The van der Waals surface area contributed by atoms with Gasteiger partial charge in [-0.15, -0.1) is 0 Å². The fourth-order valence-electron chi connectivity index (χ4n) is 1.42. The van der Waals surface area contributed by atoms with Crippen LogP contribution >= 0.6 is 0 Å². The smallest absolute Gasteiger partial charge is 0.317 e. The van der Waals surface area contributed by atoms with E-state index in [9.17, 15) is 4.79 Å². The third-order valence-corrected chi connectivity index (χ3v) is 2.07. The van der Waals surface area contributed by atoms with Crippen molar-refractivity contribution in [3.8, 4) is 0 Å². The second-order valence-electron chi connectivity index (χ2n) is 2.93. The van der Waals surface area contributed by atoms with Gasteiger partial charge in [0, 0.05) is 11.8 Å². The topological polar surface area (TPSA) is 77.0 Å². The van der Waals surface area contributed by atoms with Gasteiger partial charge in [0.1, 0.15) is 11.7 Å². The zero-order valence-corrected chi connectivity index (χ0v) is 7.60. The molecule has 0 saturated carbocycles. The molecule has 2 aliphatic rings. The largest absolute Gasteiger partial charge is 0.468 e. The van der Waals surface area contributed by atoms with Gasteiger partial charge < -0.3 is 10.5 Å². The number of ether oxygens (including phenoxy) is 1. The van der Waals surface area contributed by atoms with Gasteiger partial charge in [-0.25, -0.2) is 9.98 Å². The maximum Gasteiger partial charge on any atom is 0.317 e. The van der Waals surface area contributed by atoms with Gasteiger partial charge in [0.25, 0.3) is 0 Å². The molecule has 1 atom stereocenters. The number of esters is 1. The Labute approximate surface area is 80.7 Å². The number of hydrogen-bond acceptors (Lipinski definition) is 5. The van der Waals surface area contributed by atoms with Crippen molar-refractivity contribution in [2.24, 2.45) is 21.6 Å². The SMILES string of the molecule is COC(=O)[C@@H]1C=C(N)N=C2N=CC=C21. The van der Waals surface area contributed by atoms with E-state index < -0.39 is 5.92 Å². The number of nitrogens with zero attached hydrogens (tertiary/aromatic N) is 2. The predicted molar refractivity (Wildman–Crippen MR) is 51.8 cm³/mol. The number of fused-ring (bicyclic) bond motifs is 1. The van der Waals surface area contributed by atoms with Crippen LogP contribution in [0.4, 0.5) is 0 Å². The lowest BCUT2D eigenvalue weighted by molar-refractivity contribution is -0.142. The first kappa shape index (κ1) is 8.68. The van der Waals surface area contributed by atoms with Gasteiger partial charge in [-0.3, -0.25) is 4.79 Å². The lowest BCUT2D eigenvalue weighted by Crippen LogP contribution is -2.24. The fraction of sp³-hybridized carbons (Fsp3) is 0.222. The second-order valence-corrected chi connectivity index (χ2v) is 2.93. The van der Waals surface area contributed by atoms with Crippen molar-refractivity contribution in [2.45, 2.75) is 0 Å². The van der Waals surface area contributed by atoms with E-state index >= 15 is 0 Å². The molecule has 0 bridgehead atoms. The van der Waals surface area contributed by atoms with Crippen LogP contribution in [0.15, 0.2) is 33.5 Å². The molecule has 0 aromatic heterocycles. The van der Waals surface area contributed by atoms with Gasteiger partial charge in [-0.05, 0) is 12.2 Å². The standard InChI is InChI=1S/C9H9N3O2/c1-14-9(13)6-4-7(10)12-8-5(6)2-3-11-8/h2-4,6H,10H2,1H3/t6-/m1/s1. The van der Waals surface area contributed by atoms with Crippen molar-refractivity contribution in [3.05, 3.63) is 23.5 Å². The summed E-state index contributed by atoms with van der Waals surface area (Å²) in [4.78, 5) is 19.4. The highest BCUT2D eigenvalue weighted by molar-refractivity contribution is 6.15. The van der Waals surface area contributed by atoms with Crippen LogP contribution < -0.4 is 5.73 Å². The predicted octanol–water partition coefficient (Wildman–Crippen LogP) is -0.00140. The fourth-order valence-corrected chi connectivity index (χ4v) is 1.42. The van der Waals surface area contributed by atoms with Crippen molar-refractivity contribution in [1.29, 1.82) is 0 Å². The number of nitrogens with two attached hydrogens (primary N) is 1. The van der Waals surface area contributed by atoms with Crippen LogP contribution in [0.25, 0.3) is 0 Å². The molecule has 0 spiro atoms. The molecule has 2 N–H and O–H groups in total. The van der Waals surface area contributed by atoms with Crippen LogP contribution in [-0.2, 0) is 9.53 Å². The van der Waals surface area contributed by atoms with Crippen molar-refractivity contribution in [1.82, 2.24) is 0 Å². The molecule has 2 aliphatic heterocycles. The number of hydrogen-bond donors (Lipinski definition) is 1. The minimum Gasteiger partial charge on any atom is -0.468 e. The number of amidine groups is 1. The molecule has 0 amide bonds.